The van der Waals surface area contributed by atoms with Crippen LogP contribution < -0.4 is 4.74 Å². The summed E-state index contributed by atoms with van der Waals surface area (Å²) in [6.45, 7) is 2.01. The molecule has 0 spiro atoms. The molecule has 5 rings (SSSR count). The Labute approximate surface area is 205 Å². The lowest BCUT2D eigenvalue weighted by atomic mass is 9.96. The number of benzene rings is 3. The average molecular weight is 487 g/mol. The highest BCUT2D eigenvalue weighted by Crippen LogP contribution is 2.41. The van der Waals surface area contributed by atoms with Crippen molar-refractivity contribution in [3.05, 3.63) is 102 Å². The second-order valence-electron chi connectivity index (χ2n) is 8.59. The van der Waals surface area contributed by atoms with Gasteiger partial charge in [0, 0.05) is 23.7 Å². The SMILES string of the molecule is COc1ccccc1-c1nn(-c2ccccc2)cc1[C@@H]1CC(c2cccc(C)c2)=NN1S(C)(=O)=O. The number of hydrogen-bond acceptors (Lipinski definition) is 5. The fourth-order valence-corrected chi connectivity index (χ4v) is 5.32. The molecular weight excluding hydrogens is 460 g/mol. The van der Waals surface area contributed by atoms with Crippen molar-refractivity contribution in [2.45, 2.75) is 19.4 Å². The molecular formula is C27H26N4O3S. The van der Waals surface area contributed by atoms with Crippen molar-refractivity contribution in [1.29, 1.82) is 0 Å². The maximum absolute atomic E-state index is 12.9. The van der Waals surface area contributed by atoms with E-state index in [2.05, 4.69) is 5.10 Å². The lowest BCUT2D eigenvalue weighted by Gasteiger charge is -2.21. The van der Waals surface area contributed by atoms with Gasteiger partial charge >= 0.3 is 0 Å². The molecule has 0 N–H and O–H groups in total. The van der Waals surface area contributed by atoms with E-state index >= 15 is 0 Å². The highest BCUT2D eigenvalue weighted by Gasteiger charge is 2.37. The highest BCUT2D eigenvalue weighted by atomic mass is 32.2. The molecule has 4 aromatic rings. The molecule has 0 bridgehead atoms. The molecule has 35 heavy (non-hydrogen) atoms. The molecule has 1 aliphatic rings. The van der Waals surface area contributed by atoms with Crippen LogP contribution in [0.3, 0.4) is 0 Å². The summed E-state index contributed by atoms with van der Waals surface area (Å²) in [6, 6.07) is 24.8. The average Bonchev–Trinajstić information content (AvgIpc) is 3.50. The van der Waals surface area contributed by atoms with Crippen molar-refractivity contribution in [2.75, 3.05) is 13.4 Å². The van der Waals surface area contributed by atoms with Crippen molar-refractivity contribution < 1.29 is 13.2 Å². The molecule has 8 heteroatoms. The first-order valence-corrected chi connectivity index (χ1v) is 13.1. The standard InChI is InChI=1S/C27H26N4O3S/c1-19-10-9-11-20(16-19)24-17-25(31(28-24)35(3,32)33)23-18-30(21-12-5-4-6-13-21)29-27(23)22-14-7-8-15-26(22)34-2/h4-16,18,25H,17H2,1-3H3/t25-/m0/s1. The van der Waals surface area contributed by atoms with Crippen LogP contribution in [0, 0.1) is 6.92 Å². The molecule has 0 fully saturated rings. The van der Waals surface area contributed by atoms with Crippen LogP contribution in [0.2, 0.25) is 0 Å². The van der Waals surface area contributed by atoms with Gasteiger partial charge in [0.2, 0.25) is 10.0 Å². The number of hydrazone groups is 1. The molecule has 0 amide bonds. The first-order chi connectivity index (χ1) is 16.8. The van der Waals surface area contributed by atoms with E-state index in [1.165, 1.54) is 10.7 Å². The van der Waals surface area contributed by atoms with Crippen LogP contribution in [-0.4, -0.2) is 41.7 Å². The Balaban J connectivity index is 1.68. The van der Waals surface area contributed by atoms with Crippen LogP contribution in [0.5, 0.6) is 5.75 Å². The summed E-state index contributed by atoms with van der Waals surface area (Å²) in [4.78, 5) is 0. The molecule has 3 aromatic carbocycles. The first kappa shape index (κ1) is 22.9. The smallest absolute Gasteiger partial charge is 0.247 e. The Kier molecular flexibility index (Phi) is 5.90. The van der Waals surface area contributed by atoms with E-state index in [1.54, 1.807) is 11.8 Å². The van der Waals surface area contributed by atoms with E-state index in [1.807, 2.05) is 92.0 Å². The number of methoxy groups -OCH3 is 1. The Morgan fingerprint density at radius 2 is 1.71 bits per heavy atom. The van der Waals surface area contributed by atoms with E-state index in [0.29, 0.717) is 17.9 Å². The minimum atomic E-state index is -3.64. The lowest BCUT2D eigenvalue weighted by Crippen LogP contribution is -2.26. The molecule has 1 aliphatic heterocycles. The van der Waals surface area contributed by atoms with Gasteiger partial charge < -0.3 is 4.74 Å². The maximum Gasteiger partial charge on any atom is 0.247 e. The Bertz CT molecular complexity index is 1510. The Hall–Kier alpha value is -3.91. The summed E-state index contributed by atoms with van der Waals surface area (Å²) in [5.74, 6) is 0.663. The number of hydrogen-bond donors (Lipinski definition) is 0. The molecule has 2 heterocycles. The van der Waals surface area contributed by atoms with E-state index in [4.69, 9.17) is 9.84 Å². The maximum atomic E-state index is 12.9. The van der Waals surface area contributed by atoms with Gasteiger partial charge in [0.25, 0.3) is 0 Å². The van der Waals surface area contributed by atoms with E-state index < -0.39 is 16.1 Å². The zero-order chi connectivity index (χ0) is 24.6. The third-order valence-electron chi connectivity index (χ3n) is 6.05. The quantitative estimate of drug-likeness (QED) is 0.386. The van der Waals surface area contributed by atoms with Gasteiger partial charge in [-0.1, -0.05) is 60.2 Å². The summed E-state index contributed by atoms with van der Waals surface area (Å²) in [5.41, 5.74) is 5.81. The van der Waals surface area contributed by atoms with Gasteiger partial charge in [0.1, 0.15) is 11.4 Å². The summed E-state index contributed by atoms with van der Waals surface area (Å²) in [6.07, 6.45) is 3.51. The summed E-state index contributed by atoms with van der Waals surface area (Å²) in [5, 5.41) is 9.48. The van der Waals surface area contributed by atoms with E-state index in [-0.39, 0.29) is 0 Å². The zero-order valence-electron chi connectivity index (χ0n) is 19.8. The Morgan fingerprint density at radius 3 is 2.43 bits per heavy atom. The van der Waals surface area contributed by atoms with Gasteiger partial charge in [-0.05, 0) is 36.8 Å². The molecule has 1 atom stereocenters. The van der Waals surface area contributed by atoms with Crippen LogP contribution in [0.25, 0.3) is 16.9 Å². The number of rotatable bonds is 6. The minimum absolute atomic E-state index is 0.430. The van der Waals surface area contributed by atoms with Crippen LogP contribution >= 0.6 is 0 Å². The molecule has 0 saturated carbocycles. The van der Waals surface area contributed by atoms with Crippen molar-refractivity contribution >= 4 is 15.7 Å². The number of nitrogens with zero attached hydrogens (tertiary/aromatic N) is 4. The topological polar surface area (TPSA) is 76.8 Å². The predicted molar refractivity (Wildman–Crippen MR) is 137 cm³/mol. The predicted octanol–water partition coefficient (Wildman–Crippen LogP) is 4.97. The van der Waals surface area contributed by atoms with Gasteiger partial charge in [-0.2, -0.15) is 14.6 Å². The third kappa shape index (κ3) is 4.44. The van der Waals surface area contributed by atoms with Crippen LogP contribution in [0.1, 0.15) is 29.2 Å². The van der Waals surface area contributed by atoms with Gasteiger partial charge in [-0.3, -0.25) is 0 Å². The summed E-state index contributed by atoms with van der Waals surface area (Å²) < 4.78 is 34.4. The largest absolute Gasteiger partial charge is 0.496 e. The van der Waals surface area contributed by atoms with Crippen molar-refractivity contribution in [2.24, 2.45) is 5.10 Å². The number of aryl methyl sites for hydroxylation is 1. The fourth-order valence-electron chi connectivity index (χ4n) is 4.42. The first-order valence-electron chi connectivity index (χ1n) is 11.3. The highest BCUT2D eigenvalue weighted by molar-refractivity contribution is 7.88. The molecule has 0 radical (unpaired) electrons. The van der Waals surface area contributed by atoms with Crippen molar-refractivity contribution in [1.82, 2.24) is 14.2 Å². The monoisotopic (exact) mass is 486 g/mol. The molecule has 178 valence electrons. The molecule has 1 aromatic heterocycles. The molecule has 0 unspecified atom stereocenters. The molecule has 7 nitrogen and oxygen atoms in total. The van der Waals surface area contributed by atoms with Gasteiger partial charge in [0.15, 0.2) is 0 Å². The third-order valence-corrected chi connectivity index (χ3v) is 7.06. The van der Waals surface area contributed by atoms with Gasteiger partial charge in [-0.25, -0.2) is 13.1 Å². The molecule has 0 aliphatic carbocycles. The van der Waals surface area contributed by atoms with Crippen LogP contribution in [-0.2, 0) is 10.0 Å². The lowest BCUT2D eigenvalue weighted by molar-refractivity contribution is 0.375. The van der Waals surface area contributed by atoms with E-state index in [9.17, 15) is 8.42 Å². The number of ether oxygens (including phenoxy) is 1. The zero-order valence-corrected chi connectivity index (χ0v) is 20.6. The van der Waals surface area contributed by atoms with Crippen molar-refractivity contribution in [3.63, 3.8) is 0 Å². The Morgan fingerprint density at radius 1 is 0.971 bits per heavy atom. The number of sulfonamides is 1. The second kappa shape index (κ2) is 9.03. The minimum Gasteiger partial charge on any atom is -0.496 e. The van der Waals surface area contributed by atoms with E-state index in [0.717, 1.165) is 33.7 Å². The van der Waals surface area contributed by atoms with Gasteiger partial charge in [0.05, 0.1) is 30.8 Å². The summed E-state index contributed by atoms with van der Waals surface area (Å²) >= 11 is 0. The molecule has 0 saturated heterocycles. The number of aromatic nitrogens is 2. The van der Waals surface area contributed by atoms with Crippen LogP contribution in [0.15, 0.2) is 90.2 Å². The van der Waals surface area contributed by atoms with Gasteiger partial charge in [-0.15, -0.1) is 0 Å². The fraction of sp³-hybridized carbons (Fsp3) is 0.185. The van der Waals surface area contributed by atoms with Crippen LogP contribution in [0.4, 0.5) is 0 Å². The summed E-state index contributed by atoms with van der Waals surface area (Å²) in [7, 11) is -2.03. The van der Waals surface area contributed by atoms with Crippen molar-refractivity contribution in [3.8, 4) is 22.7 Å². The second-order valence-corrected chi connectivity index (χ2v) is 10.4. The normalized spacial score (nSPS) is 15.8. The number of para-hydroxylation sites is 2.